The van der Waals surface area contributed by atoms with Gasteiger partial charge in [-0.05, 0) is 34.2 Å². The minimum Gasteiger partial charge on any atom is -0.467 e. The Bertz CT molecular complexity index is 1260. The quantitative estimate of drug-likeness (QED) is 0.427. The molecule has 4 aromatic rings. The minimum atomic E-state index is -0.847. The van der Waals surface area contributed by atoms with Gasteiger partial charge in [0.25, 0.3) is 5.56 Å². The van der Waals surface area contributed by atoms with Crippen LogP contribution in [0.2, 0.25) is 5.02 Å². The third kappa shape index (κ3) is 4.36. The van der Waals surface area contributed by atoms with Gasteiger partial charge in [0.1, 0.15) is 12.4 Å². The minimum absolute atomic E-state index is 0.293. The van der Waals surface area contributed by atoms with Gasteiger partial charge in [-0.3, -0.25) is 9.36 Å². The van der Waals surface area contributed by atoms with Crippen LogP contribution in [-0.4, -0.2) is 42.8 Å². The molecular formula is C21H17ClN6O3. The first-order chi connectivity index (χ1) is 15.1. The predicted octanol–water partition coefficient (Wildman–Crippen LogP) is 2.50. The number of ether oxygens (including phenoxy) is 1. The number of aromatic nitrogens is 6. The number of benzene rings is 2. The number of rotatable bonds is 6. The van der Waals surface area contributed by atoms with Gasteiger partial charge in [0, 0.05) is 23.1 Å². The maximum atomic E-state index is 13.0. The Hall–Kier alpha value is -3.85. The van der Waals surface area contributed by atoms with E-state index in [4.69, 9.17) is 16.3 Å². The molecule has 0 fully saturated rings. The van der Waals surface area contributed by atoms with E-state index in [1.165, 1.54) is 35.1 Å². The molecule has 0 saturated heterocycles. The van der Waals surface area contributed by atoms with Crippen molar-refractivity contribution in [2.45, 2.75) is 12.5 Å². The molecule has 0 aliphatic carbocycles. The average Bonchev–Trinajstić information content (AvgIpc) is 3.32. The van der Waals surface area contributed by atoms with E-state index in [9.17, 15) is 9.59 Å². The van der Waals surface area contributed by atoms with E-state index in [2.05, 4.69) is 20.5 Å². The van der Waals surface area contributed by atoms with Crippen molar-refractivity contribution in [1.29, 1.82) is 0 Å². The standard InChI is InChI=1S/C21H17ClN6O3/c1-31-21(30)19(9-14-5-3-2-4-6-14)27-12-23-17(11-20(27)29)16-10-15(22)7-8-18(16)28-13-24-25-26-28/h2-8,10-13,19H,9H2,1H3. The number of methoxy groups -OCH3 is 1. The average molecular weight is 437 g/mol. The Morgan fingerprint density at radius 1 is 1.13 bits per heavy atom. The van der Waals surface area contributed by atoms with Crippen molar-refractivity contribution >= 4 is 17.6 Å². The Kier molecular flexibility index (Phi) is 5.85. The Morgan fingerprint density at radius 2 is 1.94 bits per heavy atom. The van der Waals surface area contributed by atoms with E-state index in [1.54, 1.807) is 18.2 Å². The van der Waals surface area contributed by atoms with Crippen molar-refractivity contribution in [3.63, 3.8) is 0 Å². The first kappa shape index (κ1) is 20.4. The van der Waals surface area contributed by atoms with E-state index in [1.807, 2.05) is 30.3 Å². The first-order valence-electron chi connectivity index (χ1n) is 9.30. The highest BCUT2D eigenvalue weighted by atomic mass is 35.5. The number of halogens is 1. The van der Waals surface area contributed by atoms with Crippen LogP contribution in [0.3, 0.4) is 0 Å². The van der Waals surface area contributed by atoms with Gasteiger partial charge in [0.2, 0.25) is 0 Å². The third-order valence-electron chi connectivity index (χ3n) is 4.75. The van der Waals surface area contributed by atoms with Gasteiger partial charge >= 0.3 is 5.97 Å². The van der Waals surface area contributed by atoms with Crippen molar-refractivity contribution < 1.29 is 9.53 Å². The number of hydrogen-bond donors (Lipinski definition) is 0. The monoisotopic (exact) mass is 436 g/mol. The van der Waals surface area contributed by atoms with Crippen molar-refractivity contribution in [2.75, 3.05) is 7.11 Å². The SMILES string of the molecule is COC(=O)C(Cc1ccccc1)n1cnc(-c2cc(Cl)ccc2-n2cnnn2)cc1=O. The lowest BCUT2D eigenvalue weighted by Crippen LogP contribution is -2.32. The highest BCUT2D eigenvalue weighted by molar-refractivity contribution is 6.31. The zero-order valence-electron chi connectivity index (χ0n) is 16.4. The molecule has 0 aliphatic rings. The Labute approximate surface area is 181 Å². The second-order valence-corrected chi connectivity index (χ2v) is 7.10. The molecule has 0 saturated carbocycles. The molecule has 0 radical (unpaired) electrons. The summed E-state index contributed by atoms with van der Waals surface area (Å²) in [4.78, 5) is 29.8. The molecule has 0 aliphatic heterocycles. The van der Waals surface area contributed by atoms with Gasteiger partial charge in [0.15, 0.2) is 0 Å². The van der Waals surface area contributed by atoms with Gasteiger partial charge < -0.3 is 4.74 Å². The molecule has 2 aromatic carbocycles. The number of carbonyl (C=O) groups excluding carboxylic acids is 1. The molecule has 31 heavy (non-hydrogen) atoms. The van der Waals surface area contributed by atoms with E-state index in [0.717, 1.165) is 5.56 Å². The number of carbonyl (C=O) groups is 1. The fourth-order valence-electron chi connectivity index (χ4n) is 3.24. The zero-order valence-corrected chi connectivity index (χ0v) is 17.2. The summed E-state index contributed by atoms with van der Waals surface area (Å²) in [7, 11) is 1.29. The lowest BCUT2D eigenvalue weighted by Gasteiger charge is -2.18. The van der Waals surface area contributed by atoms with Gasteiger partial charge in [-0.15, -0.1) is 5.10 Å². The fraction of sp³-hybridized carbons (Fsp3) is 0.143. The smallest absolute Gasteiger partial charge is 0.329 e. The van der Waals surface area contributed by atoms with Crippen molar-refractivity contribution in [1.82, 2.24) is 29.8 Å². The molecule has 1 unspecified atom stereocenters. The summed E-state index contributed by atoms with van der Waals surface area (Å²) in [6, 6.07) is 15.0. The molecule has 156 valence electrons. The van der Waals surface area contributed by atoms with Crippen LogP contribution in [0.15, 0.2) is 72.0 Å². The van der Waals surface area contributed by atoms with Crippen LogP contribution < -0.4 is 5.56 Å². The molecule has 0 amide bonds. The van der Waals surface area contributed by atoms with Crippen molar-refractivity contribution in [2.24, 2.45) is 0 Å². The molecule has 2 aromatic heterocycles. The zero-order chi connectivity index (χ0) is 21.8. The van der Waals surface area contributed by atoms with E-state index < -0.39 is 17.6 Å². The predicted molar refractivity (Wildman–Crippen MR) is 113 cm³/mol. The molecule has 1 atom stereocenters. The van der Waals surface area contributed by atoms with Crippen LogP contribution in [0.5, 0.6) is 0 Å². The van der Waals surface area contributed by atoms with Crippen LogP contribution >= 0.6 is 11.6 Å². The van der Waals surface area contributed by atoms with E-state index in [-0.39, 0.29) is 0 Å². The highest BCUT2D eigenvalue weighted by Gasteiger charge is 2.23. The molecular weight excluding hydrogens is 420 g/mol. The summed E-state index contributed by atoms with van der Waals surface area (Å²) in [6.07, 6.45) is 3.06. The molecule has 2 heterocycles. The van der Waals surface area contributed by atoms with E-state index >= 15 is 0 Å². The van der Waals surface area contributed by atoms with Crippen LogP contribution in [0.4, 0.5) is 0 Å². The lowest BCUT2D eigenvalue weighted by molar-refractivity contribution is -0.144. The van der Waals surface area contributed by atoms with Crippen LogP contribution in [0.25, 0.3) is 16.9 Å². The fourth-order valence-corrected chi connectivity index (χ4v) is 3.42. The first-order valence-corrected chi connectivity index (χ1v) is 9.68. The van der Waals surface area contributed by atoms with Crippen molar-refractivity contribution in [3.8, 4) is 16.9 Å². The summed E-state index contributed by atoms with van der Waals surface area (Å²) in [5.74, 6) is -0.530. The second kappa shape index (κ2) is 8.88. The number of hydrogen-bond acceptors (Lipinski definition) is 7. The number of esters is 1. The lowest BCUT2D eigenvalue weighted by atomic mass is 10.1. The molecule has 0 spiro atoms. The van der Waals surface area contributed by atoms with Crippen LogP contribution in [0, 0.1) is 0 Å². The van der Waals surface area contributed by atoms with Gasteiger partial charge in [0.05, 0.1) is 24.8 Å². The molecule has 9 nitrogen and oxygen atoms in total. The second-order valence-electron chi connectivity index (χ2n) is 6.66. The highest BCUT2D eigenvalue weighted by Crippen LogP contribution is 2.27. The van der Waals surface area contributed by atoms with Crippen LogP contribution in [0.1, 0.15) is 11.6 Å². The summed E-state index contributed by atoms with van der Waals surface area (Å²) >= 11 is 6.17. The summed E-state index contributed by atoms with van der Waals surface area (Å²) in [6.45, 7) is 0. The van der Waals surface area contributed by atoms with Crippen LogP contribution in [-0.2, 0) is 16.0 Å². The van der Waals surface area contributed by atoms with Crippen molar-refractivity contribution in [3.05, 3.63) is 88.2 Å². The van der Waals surface area contributed by atoms with Gasteiger partial charge in [-0.25, -0.2) is 9.78 Å². The number of nitrogens with zero attached hydrogens (tertiary/aromatic N) is 6. The number of tetrazole rings is 1. The topological polar surface area (TPSA) is 105 Å². The maximum Gasteiger partial charge on any atom is 0.329 e. The molecule has 0 bridgehead atoms. The molecule has 0 N–H and O–H groups in total. The largest absolute Gasteiger partial charge is 0.467 e. The summed E-state index contributed by atoms with van der Waals surface area (Å²) < 4.78 is 7.64. The summed E-state index contributed by atoms with van der Waals surface area (Å²) in [5.41, 5.74) is 2.04. The van der Waals surface area contributed by atoms with Gasteiger partial charge in [-0.1, -0.05) is 41.9 Å². The van der Waals surface area contributed by atoms with E-state index in [0.29, 0.717) is 28.4 Å². The molecule has 4 rings (SSSR count). The maximum absolute atomic E-state index is 13.0. The Balaban J connectivity index is 1.75. The van der Waals surface area contributed by atoms with Gasteiger partial charge in [-0.2, -0.15) is 4.68 Å². The summed E-state index contributed by atoms with van der Waals surface area (Å²) in [5, 5.41) is 11.6. The Morgan fingerprint density at radius 3 is 2.61 bits per heavy atom. The molecule has 10 heteroatoms. The third-order valence-corrected chi connectivity index (χ3v) is 4.98. The normalized spacial score (nSPS) is 11.8.